The fourth-order valence-corrected chi connectivity index (χ4v) is 3.26. The molecule has 1 rings (SSSR count). The largest absolute Gasteiger partial charge is 0.313 e. The predicted octanol–water partition coefficient (Wildman–Crippen LogP) is 6.78. The number of hydrogen-bond acceptors (Lipinski definition) is 1. The molecule has 1 aromatic rings. The van der Waals surface area contributed by atoms with Crippen LogP contribution in [0.2, 0.25) is 10.0 Å². The van der Waals surface area contributed by atoms with Gasteiger partial charge in [0.2, 0.25) is 0 Å². The standard InChI is InChI=1S/C18H29Cl2N/c1-3-4-5-6-7-8-9-10-11-18(21-2)16-13-12-15(19)14-17(16)20/h12-14,18,21H,3-11H2,1-2H3. The molecular formula is C18H29Cl2N. The fourth-order valence-electron chi connectivity index (χ4n) is 2.72. The normalized spacial score (nSPS) is 12.6. The number of halogens is 2. The van der Waals surface area contributed by atoms with Gasteiger partial charge in [-0.15, -0.1) is 0 Å². The van der Waals surface area contributed by atoms with Crippen LogP contribution in [0, 0.1) is 0 Å². The summed E-state index contributed by atoms with van der Waals surface area (Å²) in [6.45, 7) is 2.26. The van der Waals surface area contributed by atoms with E-state index in [1.165, 1.54) is 51.4 Å². The molecule has 120 valence electrons. The first-order valence-corrected chi connectivity index (χ1v) is 9.06. The lowest BCUT2D eigenvalue weighted by atomic mass is 9.99. The van der Waals surface area contributed by atoms with Crippen molar-refractivity contribution in [2.45, 2.75) is 70.8 Å². The summed E-state index contributed by atoms with van der Waals surface area (Å²) < 4.78 is 0. The van der Waals surface area contributed by atoms with Crippen molar-refractivity contribution in [1.82, 2.24) is 5.32 Å². The Hall–Kier alpha value is -0.240. The van der Waals surface area contributed by atoms with E-state index in [0.717, 1.165) is 17.0 Å². The Morgan fingerprint density at radius 3 is 2.14 bits per heavy atom. The van der Waals surface area contributed by atoms with E-state index in [1.807, 2.05) is 25.2 Å². The van der Waals surface area contributed by atoms with Crippen LogP contribution in [0.1, 0.15) is 76.3 Å². The average Bonchev–Trinajstić information content (AvgIpc) is 2.47. The first-order valence-electron chi connectivity index (χ1n) is 8.31. The third-order valence-electron chi connectivity index (χ3n) is 4.03. The molecule has 0 aliphatic carbocycles. The van der Waals surface area contributed by atoms with Gasteiger partial charge in [-0.05, 0) is 31.2 Å². The van der Waals surface area contributed by atoms with Crippen LogP contribution in [0.4, 0.5) is 0 Å². The number of benzene rings is 1. The van der Waals surface area contributed by atoms with Gasteiger partial charge in [0.05, 0.1) is 0 Å². The molecule has 0 fully saturated rings. The van der Waals surface area contributed by atoms with Gasteiger partial charge in [-0.2, -0.15) is 0 Å². The minimum atomic E-state index is 0.329. The summed E-state index contributed by atoms with van der Waals surface area (Å²) in [4.78, 5) is 0. The Kier molecular flexibility index (Phi) is 10.2. The Morgan fingerprint density at radius 2 is 1.57 bits per heavy atom. The van der Waals surface area contributed by atoms with Crippen molar-refractivity contribution in [2.24, 2.45) is 0 Å². The van der Waals surface area contributed by atoms with Gasteiger partial charge in [-0.25, -0.2) is 0 Å². The minimum absolute atomic E-state index is 0.329. The van der Waals surface area contributed by atoms with Crippen molar-refractivity contribution in [3.63, 3.8) is 0 Å². The van der Waals surface area contributed by atoms with E-state index < -0.39 is 0 Å². The molecule has 0 spiro atoms. The summed E-state index contributed by atoms with van der Waals surface area (Å²) in [6, 6.07) is 6.11. The molecule has 0 saturated heterocycles. The topological polar surface area (TPSA) is 12.0 Å². The van der Waals surface area contributed by atoms with Gasteiger partial charge in [0.25, 0.3) is 0 Å². The van der Waals surface area contributed by atoms with Gasteiger partial charge in [0, 0.05) is 16.1 Å². The second kappa shape index (κ2) is 11.3. The molecule has 1 unspecified atom stereocenters. The van der Waals surface area contributed by atoms with Crippen molar-refractivity contribution in [3.05, 3.63) is 33.8 Å². The third-order valence-corrected chi connectivity index (χ3v) is 4.60. The van der Waals surface area contributed by atoms with Crippen LogP contribution in [0.15, 0.2) is 18.2 Å². The molecule has 0 bridgehead atoms. The van der Waals surface area contributed by atoms with E-state index in [2.05, 4.69) is 12.2 Å². The molecule has 0 aliphatic rings. The molecule has 21 heavy (non-hydrogen) atoms. The maximum Gasteiger partial charge on any atom is 0.0468 e. The lowest BCUT2D eigenvalue weighted by Gasteiger charge is -2.18. The molecule has 1 nitrogen and oxygen atoms in total. The first-order chi connectivity index (χ1) is 10.2. The summed E-state index contributed by atoms with van der Waals surface area (Å²) in [5.41, 5.74) is 1.16. The highest BCUT2D eigenvalue weighted by Crippen LogP contribution is 2.29. The molecule has 0 amide bonds. The summed E-state index contributed by atoms with van der Waals surface area (Å²) in [6.07, 6.45) is 11.9. The van der Waals surface area contributed by atoms with E-state index >= 15 is 0 Å². The SMILES string of the molecule is CCCCCCCCCCC(NC)c1ccc(Cl)cc1Cl. The Labute approximate surface area is 140 Å². The van der Waals surface area contributed by atoms with Crippen molar-refractivity contribution in [2.75, 3.05) is 7.05 Å². The monoisotopic (exact) mass is 329 g/mol. The van der Waals surface area contributed by atoms with Crippen molar-refractivity contribution >= 4 is 23.2 Å². The molecule has 3 heteroatoms. The van der Waals surface area contributed by atoms with Gasteiger partial charge < -0.3 is 5.32 Å². The van der Waals surface area contributed by atoms with E-state index in [1.54, 1.807) is 0 Å². The summed E-state index contributed by atoms with van der Waals surface area (Å²) in [5, 5.41) is 4.83. The Bertz CT molecular complexity index is 393. The van der Waals surface area contributed by atoms with Gasteiger partial charge in [0.1, 0.15) is 0 Å². The van der Waals surface area contributed by atoms with Crippen LogP contribution in [0.3, 0.4) is 0 Å². The second-order valence-electron chi connectivity index (χ2n) is 5.77. The minimum Gasteiger partial charge on any atom is -0.313 e. The first kappa shape index (κ1) is 18.8. The highest BCUT2D eigenvalue weighted by molar-refractivity contribution is 6.35. The van der Waals surface area contributed by atoms with Gasteiger partial charge >= 0.3 is 0 Å². The Balaban J connectivity index is 2.25. The van der Waals surface area contributed by atoms with Gasteiger partial charge in [0.15, 0.2) is 0 Å². The van der Waals surface area contributed by atoms with Crippen LogP contribution in [-0.2, 0) is 0 Å². The summed E-state index contributed by atoms with van der Waals surface area (Å²) >= 11 is 12.2. The molecule has 0 radical (unpaired) electrons. The van der Waals surface area contributed by atoms with E-state index in [9.17, 15) is 0 Å². The quantitative estimate of drug-likeness (QED) is 0.441. The third kappa shape index (κ3) is 7.54. The van der Waals surface area contributed by atoms with E-state index in [4.69, 9.17) is 23.2 Å². The van der Waals surface area contributed by atoms with Crippen molar-refractivity contribution < 1.29 is 0 Å². The fraction of sp³-hybridized carbons (Fsp3) is 0.667. The lowest BCUT2D eigenvalue weighted by molar-refractivity contribution is 0.494. The van der Waals surface area contributed by atoms with Gasteiger partial charge in [-0.3, -0.25) is 0 Å². The van der Waals surface area contributed by atoms with Crippen LogP contribution < -0.4 is 5.32 Å². The van der Waals surface area contributed by atoms with Crippen LogP contribution in [0.5, 0.6) is 0 Å². The van der Waals surface area contributed by atoms with Crippen molar-refractivity contribution in [1.29, 1.82) is 0 Å². The molecule has 1 atom stereocenters. The Morgan fingerprint density at radius 1 is 0.952 bits per heavy atom. The summed E-state index contributed by atoms with van der Waals surface area (Å²) in [7, 11) is 2.00. The molecule has 0 saturated carbocycles. The maximum absolute atomic E-state index is 6.29. The smallest absolute Gasteiger partial charge is 0.0468 e. The molecular weight excluding hydrogens is 301 g/mol. The number of nitrogens with one attached hydrogen (secondary N) is 1. The van der Waals surface area contributed by atoms with Gasteiger partial charge in [-0.1, -0.05) is 87.6 Å². The zero-order valence-corrected chi connectivity index (χ0v) is 14.9. The highest BCUT2D eigenvalue weighted by atomic mass is 35.5. The summed E-state index contributed by atoms with van der Waals surface area (Å²) in [5.74, 6) is 0. The highest BCUT2D eigenvalue weighted by Gasteiger charge is 2.12. The number of rotatable bonds is 11. The zero-order valence-electron chi connectivity index (χ0n) is 13.4. The van der Waals surface area contributed by atoms with Crippen LogP contribution >= 0.6 is 23.2 Å². The molecule has 0 heterocycles. The lowest BCUT2D eigenvalue weighted by Crippen LogP contribution is -2.16. The molecule has 0 aromatic heterocycles. The average molecular weight is 330 g/mol. The number of unbranched alkanes of at least 4 members (excludes halogenated alkanes) is 7. The predicted molar refractivity (Wildman–Crippen MR) is 95.5 cm³/mol. The zero-order chi connectivity index (χ0) is 15.5. The maximum atomic E-state index is 6.29. The van der Waals surface area contributed by atoms with E-state index in [0.29, 0.717) is 11.1 Å². The van der Waals surface area contributed by atoms with Crippen LogP contribution in [0.25, 0.3) is 0 Å². The van der Waals surface area contributed by atoms with E-state index in [-0.39, 0.29) is 0 Å². The second-order valence-corrected chi connectivity index (χ2v) is 6.61. The number of hydrogen-bond donors (Lipinski definition) is 1. The molecule has 1 aromatic carbocycles. The molecule has 0 aliphatic heterocycles. The van der Waals surface area contributed by atoms with Crippen LogP contribution in [-0.4, -0.2) is 7.05 Å². The molecule has 1 N–H and O–H groups in total. The van der Waals surface area contributed by atoms with Crippen molar-refractivity contribution in [3.8, 4) is 0 Å².